The van der Waals surface area contributed by atoms with E-state index in [4.69, 9.17) is 4.74 Å². The summed E-state index contributed by atoms with van der Waals surface area (Å²) in [6, 6.07) is 9.77. The van der Waals surface area contributed by atoms with E-state index in [2.05, 4.69) is 6.92 Å². The van der Waals surface area contributed by atoms with Gasteiger partial charge in [-0.1, -0.05) is 37.3 Å². The van der Waals surface area contributed by atoms with Crippen molar-refractivity contribution in [3.05, 3.63) is 35.9 Å². The van der Waals surface area contributed by atoms with E-state index >= 15 is 0 Å². The minimum absolute atomic E-state index is 0.0404. The van der Waals surface area contributed by atoms with Crippen molar-refractivity contribution in [2.24, 2.45) is 11.8 Å². The van der Waals surface area contributed by atoms with Gasteiger partial charge in [0.25, 0.3) is 0 Å². The minimum atomic E-state index is -0.0404. The quantitative estimate of drug-likeness (QED) is 0.684. The molecule has 1 aromatic carbocycles. The fourth-order valence-corrected chi connectivity index (χ4v) is 1.49. The van der Waals surface area contributed by atoms with Crippen LogP contribution in [0.25, 0.3) is 0 Å². The highest BCUT2D eigenvalue weighted by molar-refractivity contribution is 5.75. The molecule has 1 aliphatic rings. The lowest BCUT2D eigenvalue weighted by molar-refractivity contribution is -0.146. The van der Waals surface area contributed by atoms with E-state index in [1.54, 1.807) is 0 Å². The van der Waals surface area contributed by atoms with Crippen LogP contribution in [-0.4, -0.2) is 5.97 Å². The van der Waals surface area contributed by atoms with Gasteiger partial charge in [-0.05, 0) is 17.9 Å². The van der Waals surface area contributed by atoms with Crippen molar-refractivity contribution >= 4 is 5.97 Å². The second kappa shape index (κ2) is 3.82. The second-order valence-corrected chi connectivity index (χ2v) is 3.91. The summed E-state index contributed by atoms with van der Waals surface area (Å²) in [7, 11) is 0. The summed E-state index contributed by atoms with van der Waals surface area (Å²) in [5.74, 6) is 0.651. The van der Waals surface area contributed by atoms with Gasteiger partial charge >= 0.3 is 5.97 Å². The van der Waals surface area contributed by atoms with Crippen molar-refractivity contribution < 1.29 is 9.53 Å². The Kier molecular flexibility index (Phi) is 2.53. The third-order valence-corrected chi connectivity index (χ3v) is 2.64. The third-order valence-electron chi connectivity index (χ3n) is 2.64. The van der Waals surface area contributed by atoms with Crippen LogP contribution in [0.1, 0.15) is 18.9 Å². The molecule has 2 heteroatoms. The molecule has 1 aliphatic carbocycles. The van der Waals surface area contributed by atoms with E-state index in [1.165, 1.54) is 0 Å². The van der Waals surface area contributed by atoms with E-state index in [0.717, 1.165) is 12.0 Å². The van der Waals surface area contributed by atoms with Crippen molar-refractivity contribution in [1.29, 1.82) is 0 Å². The van der Waals surface area contributed by atoms with Gasteiger partial charge in [0.1, 0.15) is 6.61 Å². The minimum Gasteiger partial charge on any atom is -0.461 e. The van der Waals surface area contributed by atoms with E-state index in [0.29, 0.717) is 12.5 Å². The summed E-state index contributed by atoms with van der Waals surface area (Å²) in [5, 5.41) is 0. The highest BCUT2D eigenvalue weighted by Crippen LogP contribution is 2.38. The number of hydrogen-bond donors (Lipinski definition) is 0. The standard InChI is InChI=1S/C12H14O2/c1-9-7-11(9)12(13)14-8-10-5-3-2-4-6-10/h2-6,9,11H,7-8H2,1H3/t9-,11?/m1/s1. The normalized spacial score (nSPS) is 24.4. The van der Waals surface area contributed by atoms with E-state index in [9.17, 15) is 4.79 Å². The summed E-state index contributed by atoms with van der Waals surface area (Å²) < 4.78 is 5.18. The SMILES string of the molecule is C[C@@H]1CC1C(=O)OCc1ccccc1. The van der Waals surface area contributed by atoms with Crippen LogP contribution >= 0.6 is 0 Å². The molecule has 74 valence electrons. The molecule has 0 radical (unpaired) electrons. The summed E-state index contributed by atoms with van der Waals surface area (Å²) >= 11 is 0. The highest BCUT2D eigenvalue weighted by atomic mass is 16.5. The first-order valence-electron chi connectivity index (χ1n) is 4.98. The molecule has 0 bridgehead atoms. The largest absolute Gasteiger partial charge is 0.461 e. The number of hydrogen-bond acceptors (Lipinski definition) is 2. The number of carbonyl (C=O) groups is 1. The number of esters is 1. The van der Waals surface area contributed by atoms with Crippen LogP contribution < -0.4 is 0 Å². The zero-order valence-electron chi connectivity index (χ0n) is 8.27. The first-order valence-corrected chi connectivity index (χ1v) is 4.98. The Morgan fingerprint density at radius 1 is 1.43 bits per heavy atom. The Labute approximate surface area is 83.9 Å². The summed E-state index contributed by atoms with van der Waals surface area (Å²) in [6.45, 7) is 2.48. The van der Waals surface area contributed by atoms with Gasteiger partial charge in [0.05, 0.1) is 5.92 Å². The topological polar surface area (TPSA) is 26.3 Å². The van der Waals surface area contributed by atoms with Gasteiger partial charge in [0.2, 0.25) is 0 Å². The number of ether oxygens (including phenoxy) is 1. The maximum Gasteiger partial charge on any atom is 0.309 e. The second-order valence-electron chi connectivity index (χ2n) is 3.91. The summed E-state index contributed by atoms with van der Waals surface area (Å²) in [5.41, 5.74) is 1.05. The zero-order chi connectivity index (χ0) is 9.97. The van der Waals surface area contributed by atoms with Crippen molar-refractivity contribution in [2.45, 2.75) is 20.0 Å². The van der Waals surface area contributed by atoms with Crippen molar-refractivity contribution in [2.75, 3.05) is 0 Å². The van der Waals surface area contributed by atoms with Crippen molar-refractivity contribution in [1.82, 2.24) is 0 Å². The Morgan fingerprint density at radius 3 is 2.64 bits per heavy atom. The molecule has 2 atom stereocenters. The van der Waals surface area contributed by atoms with Gasteiger partial charge in [-0.2, -0.15) is 0 Å². The van der Waals surface area contributed by atoms with Gasteiger partial charge < -0.3 is 4.74 Å². The maximum atomic E-state index is 11.4. The van der Waals surface area contributed by atoms with Crippen LogP contribution in [0.5, 0.6) is 0 Å². The molecule has 0 N–H and O–H groups in total. The molecular formula is C12H14O2. The van der Waals surface area contributed by atoms with Crippen LogP contribution in [0.4, 0.5) is 0 Å². The molecule has 1 saturated carbocycles. The van der Waals surface area contributed by atoms with Gasteiger partial charge in [-0.25, -0.2) is 0 Å². The Balaban J connectivity index is 1.80. The fraction of sp³-hybridized carbons (Fsp3) is 0.417. The average Bonchev–Trinajstić information content (AvgIpc) is 2.94. The van der Waals surface area contributed by atoms with Gasteiger partial charge in [-0.15, -0.1) is 0 Å². The van der Waals surface area contributed by atoms with Crippen LogP contribution in [0.2, 0.25) is 0 Å². The molecule has 14 heavy (non-hydrogen) atoms. The zero-order valence-corrected chi connectivity index (χ0v) is 8.27. The number of rotatable bonds is 3. The lowest BCUT2D eigenvalue weighted by Crippen LogP contribution is -2.07. The van der Waals surface area contributed by atoms with Crippen molar-refractivity contribution in [3.8, 4) is 0 Å². The summed E-state index contributed by atoms with van der Waals surface area (Å²) in [6.07, 6.45) is 0.994. The number of benzene rings is 1. The Hall–Kier alpha value is -1.31. The lowest BCUT2D eigenvalue weighted by Gasteiger charge is -2.03. The van der Waals surface area contributed by atoms with Crippen LogP contribution in [0.3, 0.4) is 0 Å². The van der Waals surface area contributed by atoms with Gasteiger partial charge in [-0.3, -0.25) is 4.79 Å². The van der Waals surface area contributed by atoms with Gasteiger partial charge in [0, 0.05) is 0 Å². The molecule has 0 saturated heterocycles. The van der Waals surface area contributed by atoms with E-state index in [-0.39, 0.29) is 11.9 Å². The maximum absolute atomic E-state index is 11.4. The molecule has 0 heterocycles. The van der Waals surface area contributed by atoms with Crippen LogP contribution in [0, 0.1) is 11.8 Å². The van der Waals surface area contributed by atoms with Crippen LogP contribution in [-0.2, 0) is 16.1 Å². The van der Waals surface area contributed by atoms with Gasteiger partial charge in [0.15, 0.2) is 0 Å². The number of carbonyl (C=O) groups excluding carboxylic acids is 1. The predicted molar refractivity (Wildman–Crippen MR) is 53.5 cm³/mol. The molecule has 2 rings (SSSR count). The van der Waals surface area contributed by atoms with Crippen LogP contribution in [0.15, 0.2) is 30.3 Å². The van der Waals surface area contributed by atoms with Crippen molar-refractivity contribution in [3.63, 3.8) is 0 Å². The first kappa shape index (κ1) is 9.25. The first-order chi connectivity index (χ1) is 6.77. The molecule has 0 amide bonds. The van der Waals surface area contributed by atoms with E-state index < -0.39 is 0 Å². The lowest BCUT2D eigenvalue weighted by atomic mass is 10.2. The molecule has 1 fully saturated rings. The van der Waals surface area contributed by atoms with E-state index in [1.807, 2.05) is 30.3 Å². The molecule has 0 spiro atoms. The smallest absolute Gasteiger partial charge is 0.309 e. The monoisotopic (exact) mass is 190 g/mol. The average molecular weight is 190 g/mol. The summed E-state index contributed by atoms with van der Waals surface area (Å²) in [4.78, 5) is 11.4. The predicted octanol–water partition coefficient (Wildman–Crippen LogP) is 2.39. The molecule has 0 aromatic heterocycles. The Bertz CT molecular complexity index is 318. The molecule has 0 aliphatic heterocycles. The highest BCUT2D eigenvalue weighted by Gasteiger charge is 2.40. The molecule has 1 unspecified atom stereocenters. The molecule has 2 nitrogen and oxygen atoms in total. The Morgan fingerprint density at radius 2 is 2.07 bits per heavy atom. The molecule has 1 aromatic rings. The fourth-order valence-electron chi connectivity index (χ4n) is 1.49. The third kappa shape index (κ3) is 2.13. The molecular weight excluding hydrogens is 176 g/mol.